The van der Waals surface area contributed by atoms with Crippen LogP contribution in [-0.2, 0) is 21.5 Å². The summed E-state index contributed by atoms with van der Waals surface area (Å²) in [6.45, 7) is 7.61. The Morgan fingerprint density at radius 2 is 1.80 bits per heavy atom. The van der Waals surface area contributed by atoms with E-state index in [9.17, 15) is 4.79 Å². The number of pyridine rings is 1. The second kappa shape index (κ2) is 9.86. The van der Waals surface area contributed by atoms with E-state index >= 15 is 0 Å². The lowest BCUT2D eigenvalue weighted by molar-refractivity contribution is -0.113. The van der Waals surface area contributed by atoms with Crippen molar-refractivity contribution in [2.75, 3.05) is 24.8 Å². The highest BCUT2D eigenvalue weighted by Gasteiger charge is 2.16. The van der Waals surface area contributed by atoms with Gasteiger partial charge >= 0.3 is 0 Å². The second-order valence-corrected chi connectivity index (χ2v) is 8.79. The van der Waals surface area contributed by atoms with Gasteiger partial charge in [-0.25, -0.2) is 0 Å². The van der Waals surface area contributed by atoms with Crippen LogP contribution in [0.4, 0.5) is 5.69 Å². The summed E-state index contributed by atoms with van der Waals surface area (Å²) in [6, 6.07) is 11.7. The van der Waals surface area contributed by atoms with Crippen LogP contribution >= 0.6 is 11.8 Å². The Morgan fingerprint density at radius 1 is 1.10 bits per heavy atom. The van der Waals surface area contributed by atoms with Crippen LogP contribution in [-0.4, -0.2) is 45.1 Å². The van der Waals surface area contributed by atoms with Gasteiger partial charge in [-0.2, -0.15) is 0 Å². The van der Waals surface area contributed by atoms with Crippen molar-refractivity contribution in [3.8, 4) is 11.4 Å². The highest BCUT2D eigenvalue weighted by Crippen LogP contribution is 2.25. The third-order valence-electron chi connectivity index (χ3n) is 4.54. The first-order valence-corrected chi connectivity index (χ1v) is 10.7. The summed E-state index contributed by atoms with van der Waals surface area (Å²) in [6.07, 6.45) is 3.44. The first-order valence-electron chi connectivity index (χ1n) is 9.74. The lowest BCUT2D eigenvalue weighted by Crippen LogP contribution is -2.16. The van der Waals surface area contributed by atoms with Gasteiger partial charge in [0, 0.05) is 30.8 Å². The zero-order valence-electron chi connectivity index (χ0n) is 17.8. The van der Waals surface area contributed by atoms with Crippen molar-refractivity contribution in [3.63, 3.8) is 0 Å². The van der Waals surface area contributed by atoms with Gasteiger partial charge in [0.2, 0.25) is 5.91 Å². The van der Waals surface area contributed by atoms with E-state index in [1.54, 1.807) is 19.5 Å². The molecular weight excluding hydrogens is 398 g/mol. The van der Waals surface area contributed by atoms with Crippen LogP contribution in [0.25, 0.3) is 11.4 Å². The number of methoxy groups -OCH3 is 1. The molecule has 8 heteroatoms. The number of ether oxygens (including phenoxy) is 1. The van der Waals surface area contributed by atoms with Crippen molar-refractivity contribution in [1.29, 1.82) is 0 Å². The van der Waals surface area contributed by atoms with E-state index in [1.165, 1.54) is 17.3 Å². The van der Waals surface area contributed by atoms with E-state index in [1.807, 2.05) is 41.0 Å². The van der Waals surface area contributed by atoms with Gasteiger partial charge in [0.15, 0.2) is 11.0 Å². The molecule has 0 spiro atoms. The number of benzene rings is 1. The Hall–Kier alpha value is -2.71. The van der Waals surface area contributed by atoms with Crippen LogP contribution in [0.15, 0.2) is 53.9 Å². The summed E-state index contributed by atoms with van der Waals surface area (Å²) < 4.78 is 7.19. The van der Waals surface area contributed by atoms with Crippen molar-refractivity contribution >= 4 is 23.4 Å². The quantitative estimate of drug-likeness (QED) is 0.549. The highest BCUT2D eigenvalue weighted by molar-refractivity contribution is 7.99. The number of rotatable bonds is 8. The van der Waals surface area contributed by atoms with Gasteiger partial charge < -0.3 is 10.1 Å². The molecule has 158 valence electrons. The van der Waals surface area contributed by atoms with E-state index in [-0.39, 0.29) is 17.1 Å². The normalized spacial score (nSPS) is 11.5. The van der Waals surface area contributed by atoms with Crippen molar-refractivity contribution < 1.29 is 9.53 Å². The summed E-state index contributed by atoms with van der Waals surface area (Å²) in [5.41, 5.74) is 3.01. The number of carbonyl (C=O) groups is 1. The number of thioether (sulfide) groups is 1. The molecule has 0 aliphatic carbocycles. The molecule has 1 N–H and O–H groups in total. The number of nitrogens with zero attached hydrogens (tertiary/aromatic N) is 4. The molecule has 3 aromatic rings. The fraction of sp³-hybridized carbons (Fsp3) is 0.364. The Labute approximate surface area is 181 Å². The van der Waals surface area contributed by atoms with Crippen LogP contribution in [0.1, 0.15) is 26.3 Å². The number of anilines is 1. The lowest BCUT2D eigenvalue weighted by atomic mass is 9.87. The van der Waals surface area contributed by atoms with E-state index in [0.717, 1.165) is 17.1 Å². The molecule has 7 nitrogen and oxygen atoms in total. The molecule has 30 heavy (non-hydrogen) atoms. The minimum absolute atomic E-state index is 0.0805. The van der Waals surface area contributed by atoms with Gasteiger partial charge in [-0.05, 0) is 35.2 Å². The number of hydrogen-bond acceptors (Lipinski definition) is 6. The van der Waals surface area contributed by atoms with E-state index < -0.39 is 0 Å². The van der Waals surface area contributed by atoms with Gasteiger partial charge in [-0.15, -0.1) is 10.2 Å². The summed E-state index contributed by atoms with van der Waals surface area (Å²) in [4.78, 5) is 16.5. The Morgan fingerprint density at radius 3 is 2.43 bits per heavy atom. The Kier molecular flexibility index (Phi) is 7.23. The minimum Gasteiger partial charge on any atom is -0.383 e. The Balaban J connectivity index is 1.66. The van der Waals surface area contributed by atoms with Crippen LogP contribution in [0.5, 0.6) is 0 Å². The van der Waals surface area contributed by atoms with Crippen molar-refractivity contribution in [2.45, 2.75) is 37.9 Å². The largest absolute Gasteiger partial charge is 0.383 e. The van der Waals surface area contributed by atoms with Crippen molar-refractivity contribution in [3.05, 3.63) is 54.4 Å². The average Bonchev–Trinajstić information content (AvgIpc) is 3.14. The van der Waals surface area contributed by atoms with Crippen LogP contribution in [0.2, 0.25) is 0 Å². The third-order valence-corrected chi connectivity index (χ3v) is 5.51. The molecule has 0 saturated carbocycles. The molecule has 0 fully saturated rings. The molecule has 0 radical (unpaired) electrons. The zero-order valence-corrected chi connectivity index (χ0v) is 18.6. The number of amides is 1. The highest BCUT2D eigenvalue weighted by atomic mass is 32.2. The van der Waals surface area contributed by atoms with Crippen LogP contribution in [0, 0.1) is 0 Å². The Bertz CT molecular complexity index is 965. The first kappa shape index (κ1) is 22.0. The molecule has 3 rings (SSSR count). The van der Waals surface area contributed by atoms with Crippen molar-refractivity contribution in [2.24, 2.45) is 0 Å². The van der Waals surface area contributed by atoms with Crippen molar-refractivity contribution in [1.82, 2.24) is 19.7 Å². The smallest absolute Gasteiger partial charge is 0.234 e. The SMILES string of the molecule is COCCn1c(SCC(=O)Nc2ccc(C(C)(C)C)cc2)nnc1-c1ccncc1. The van der Waals surface area contributed by atoms with Crippen LogP contribution < -0.4 is 5.32 Å². The maximum Gasteiger partial charge on any atom is 0.234 e. The fourth-order valence-electron chi connectivity index (χ4n) is 2.87. The lowest BCUT2D eigenvalue weighted by Gasteiger charge is -2.19. The molecule has 0 bridgehead atoms. The molecule has 0 aliphatic heterocycles. The number of aromatic nitrogens is 4. The predicted octanol–water partition coefficient (Wildman–Crippen LogP) is 4.01. The molecule has 2 aromatic heterocycles. The standard InChI is InChI=1S/C22H27N5O2S/c1-22(2,3)17-5-7-18(8-6-17)24-19(28)15-30-21-26-25-20(27(21)13-14-29-4)16-9-11-23-12-10-16/h5-12H,13-15H2,1-4H3,(H,24,28). The molecule has 0 aliphatic rings. The predicted molar refractivity (Wildman–Crippen MR) is 120 cm³/mol. The summed E-state index contributed by atoms with van der Waals surface area (Å²) in [7, 11) is 1.65. The monoisotopic (exact) mass is 425 g/mol. The van der Waals surface area contributed by atoms with Gasteiger partial charge in [-0.3, -0.25) is 14.3 Å². The molecule has 2 heterocycles. The molecular formula is C22H27N5O2S. The van der Waals surface area contributed by atoms with E-state index in [2.05, 4.69) is 41.3 Å². The van der Waals surface area contributed by atoms with E-state index in [0.29, 0.717) is 18.3 Å². The van der Waals surface area contributed by atoms with Crippen LogP contribution in [0.3, 0.4) is 0 Å². The molecule has 1 amide bonds. The van der Waals surface area contributed by atoms with Gasteiger partial charge in [0.25, 0.3) is 0 Å². The molecule has 0 saturated heterocycles. The van der Waals surface area contributed by atoms with Gasteiger partial charge in [0.05, 0.1) is 18.9 Å². The number of nitrogens with one attached hydrogen (secondary N) is 1. The van der Waals surface area contributed by atoms with E-state index in [4.69, 9.17) is 4.74 Å². The molecule has 0 unspecified atom stereocenters. The summed E-state index contributed by atoms with van der Waals surface area (Å²) in [5, 5.41) is 12.2. The summed E-state index contributed by atoms with van der Waals surface area (Å²) in [5.74, 6) is 0.882. The average molecular weight is 426 g/mol. The third kappa shape index (κ3) is 5.67. The number of hydrogen-bond donors (Lipinski definition) is 1. The maximum atomic E-state index is 12.4. The molecule has 1 aromatic carbocycles. The first-order chi connectivity index (χ1) is 14.4. The fourth-order valence-corrected chi connectivity index (χ4v) is 3.64. The molecule has 0 atom stereocenters. The zero-order chi connectivity index (χ0) is 21.6. The van der Waals surface area contributed by atoms with Gasteiger partial charge in [0.1, 0.15) is 0 Å². The maximum absolute atomic E-state index is 12.4. The minimum atomic E-state index is -0.0877. The number of carbonyl (C=O) groups excluding carboxylic acids is 1. The second-order valence-electron chi connectivity index (χ2n) is 7.85. The topological polar surface area (TPSA) is 81.9 Å². The summed E-state index contributed by atoms with van der Waals surface area (Å²) >= 11 is 1.35. The van der Waals surface area contributed by atoms with Gasteiger partial charge in [-0.1, -0.05) is 44.7 Å².